The molecule has 1 rings (SSSR count). The van der Waals surface area contributed by atoms with Crippen LogP contribution in [0.1, 0.15) is 19.3 Å². The lowest BCUT2D eigenvalue weighted by Gasteiger charge is -2.20. The predicted octanol–water partition coefficient (Wildman–Crippen LogP) is -0.701. The second-order valence-electron chi connectivity index (χ2n) is 4.02. The molecule has 1 aliphatic carbocycles. The zero-order valence-electron chi connectivity index (χ0n) is 9.68. The number of hydrogen-bond donors (Lipinski definition) is 4. The molecule has 0 bridgehead atoms. The largest absolute Gasteiger partial charge is 0.479 e. The number of methoxy groups -OCH3 is 1. The van der Waals surface area contributed by atoms with Gasteiger partial charge in [0.1, 0.15) is 0 Å². The van der Waals surface area contributed by atoms with Crippen molar-refractivity contribution in [3.63, 3.8) is 0 Å². The summed E-state index contributed by atoms with van der Waals surface area (Å²) in [6.45, 7) is -0.314. The Morgan fingerprint density at radius 1 is 1.47 bits per heavy atom. The number of hydrogen-bond acceptors (Lipinski definition) is 4. The first-order valence-corrected chi connectivity index (χ1v) is 5.52. The molecule has 0 saturated heterocycles. The molecule has 98 valence electrons. The lowest BCUT2D eigenvalue weighted by atomic mass is 10.2. The molecule has 1 saturated carbocycles. The maximum Gasteiger partial charge on any atom is 0.334 e. The first-order valence-electron chi connectivity index (χ1n) is 5.52. The van der Waals surface area contributed by atoms with Crippen LogP contribution < -0.4 is 10.6 Å². The fourth-order valence-corrected chi connectivity index (χ4v) is 1.87. The van der Waals surface area contributed by atoms with Crippen molar-refractivity contribution in [1.29, 1.82) is 0 Å². The van der Waals surface area contributed by atoms with E-state index >= 15 is 0 Å². The Balaban J connectivity index is 2.27. The van der Waals surface area contributed by atoms with Gasteiger partial charge in [0.15, 0.2) is 6.10 Å². The van der Waals surface area contributed by atoms with Crippen molar-refractivity contribution < 1.29 is 24.5 Å². The van der Waals surface area contributed by atoms with E-state index in [0.29, 0.717) is 0 Å². The van der Waals surface area contributed by atoms with E-state index in [1.54, 1.807) is 7.11 Å². The summed E-state index contributed by atoms with van der Waals surface area (Å²) in [4.78, 5) is 21.7. The minimum Gasteiger partial charge on any atom is -0.479 e. The van der Waals surface area contributed by atoms with Crippen LogP contribution in [0, 0.1) is 0 Å². The first-order chi connectivity index (χ1) is 8.04. The molecule has 0 aliphatic heterocycles. The van der Waals surface area contributed by atoms with Crippen LogP contribution in [0.5, 0.6) is 0 Å². The maximum absolute atomic E-state index is 11.4. The summed E-state index contributed by atoms with van der Waals surface area (Å²) >= 11 is 0. The monoisotopic (exact) mass is 246 g/mol. The normalized spacial score (nSPS) is 25.3. The highest BCUT2D eigenvalue weighted by Crippen LogP contribution is 2.21. The van der Waals surface area contributed by atoms with Gasteiger partial charge in [-0.15, -0.1) is 0 Å². The van der Waals surface area contributed by atoms with Crippen LogP contribution in [0.2, 0.25) is 0 Å². The van der Waals surface area contributed by atoms with Gasteiger partial charge in [0, 0.05) is 7.11 Å². The van der Waals surface area contributed by atoms with E-state index in [0.717, 1.165) is 19.3 Å². The van der Waals surface area contributed by atoms with Crippen LogP contribution in [0.25, 0.3) is 0 Å². The van der Waals surface area contributed by atoms with Crippen LogP contribution in [-0.4, -0.2) is 54.1 Å². The molecule has 7 nitrogen and oxygen atoms in total. The Hall–Kier alpha value is -1.34. The summed E-state index contributed by atoms with van der Waals surface area (Å²) in [6.07, 6.45) is 1.15. The highest BCUT2D eigenvalue weighted by Gasteiger charge is 2.28. The van der Waals surface area contributed by atoms with Crippen LogP contribution >= 0.6 is 0 Å². The van der Waals surface area contributed by atoms with E-state index in [4.69, 9.17) is 14.9 Å². The average molecular weight is 246 g/mol. The van der Waals surface area contributed by atoms with Crippen molar-refractivity contribution in [1.82, 2.24) is 10.6 Å². The third-order valence-electron chi connectivity index (χ3n) is 2.81. The number of ether oxygens (including phenoxy) is 1. The Morgan fingerprint density at radius 2 is 2.18 bits per heavy atom. The SMILES string of the molecule is COC1CCCC1NC(=O)NC[C@H](O)C(=O)O. The zero-order chi connectivity index (χ0) is 12.8. The van der Waals surface area contributed by atoms with Crippen molar-refractivity contribution in [2.75, 3.05) is 13.7 Å². The van der Waals surface area contributed by atoms with E-state index in [2.05, 4.69) is 10.6 Å². The summed E-state index contributed by atoms with van der Waals surface area (Å²) in [5, 5.41) is 22.4. The molecule has 7 heteroatoms. The number of amides is 2. The molecule has 0 radical (unpaired) electrons. The molecule has 0 heterocycles. The number of aliphatic carboxylic acids is 1. The third kappa shape index (κ3) is 4.20. The Labute approximate surface area is 99.1 Å². The van der Waals surface area contributed by atoms with Gasteiger partial charge in [0.2, 0.25) is 0 Å². The number of carboxylic acid groups (broad SMARTS) is 1. The minimum absolute atomic E-state index is 0.00477. The van der Waals surface area contributed by atoms with Gasteiger partial charge in [-0.1, -0.05) is 0 Å². The third-order valence-corrected chi connectivity index (χ3v) is 2.81. The number of urea groups is 1. The Kier molecular flexibility index (Phi) is 5.17. The van der Waals surface area contributed by atoms with E-state index in [1.165, 1.54) is 0 Å². The molecule has 1 aliphatic rings. The van der Waals surface area contributed by atoms with Gasteiger partial charge in [0.05, 0.1) is 18.7 Å². The van der Waals surface area contributed by atoms with Crippen LogP contribution in [-0.2, 0) is 9.53 Å². The van der Waals surface area contributed by atoms with E-state index in [9.17, 15) is 9.59 Å². The smallest absolute Gasteiger partial charge is 0.334 e. The zero-order valence-corrected chi connectivity index (χ0v) is 9.68. The number of aliphatic hydroxyl groups is 1. The van der Waals surface area contributed by atoms with Crippen LogP contribution in [0.15, 0.2) is 0 Å². The average Bonchev–Trinajstić information content (AvgIpc) is 2.72. The van der Waals surface area contributed by atoms with E-state index in [1.807, 2.05) is 0 Å². The maximum atomic E-state index is 11.4. The van der Waals surface area contributed by atoms with Crippen LogP contribution in [0.3, 0.4) is 0 Å². The summed E-state index contributed by atoms with van der Waals surface area (Å²) < 4.78 is 5.20. The second kappa shape index (κ2) is 6.41. The fourth-order valence-electron chi connectivity index (χ4n) is 1.87. The van der Waals surface area contributed by atoms with Crippen molar-refractivity contribution >= 4 is 12.0 Å². The Morgan fingerprint density at radius 3 is 2.76 bits per heavy atom. The molecule has 4 N–H and O–H groups in total. The molecule has 3 atom stereocenters. The van der Waals surface area contributed by atoms with Crippen molar-refractivity contribution in [2.24, 2.45) is 0 Å². The van der Waals surface area contributed by atoms with E-state index < -0.39 is 18.1 Å². The summed E-state index contributed by atoms with van der Waals surface area (Å²) in [5.74, 6) is -1.36. The van der Waals surface area contributed by atoms with E-state index in [-0.39, 0.29) is 18.7 Å². The first kappa shape index (κ1) is 13.7. The lowest BCUT2D eigenvalue weighted by Crippen LogP contribution is -2.48. The number of carbonyl (C=O) groups is 2. The van der Waals surface area contributed by atoms with Gasteiger partial charge in [-0.2, -0.15) is 0 Å². The molecule has 0 aromatic heterocycles. The summed E-state index contributed by atoms with van der Waals surface area (Å²) in [6, 6.07) is -0.541. The van der Waals surface area contributed by atoms with Gasteiger partial charge in [-0.3, -0.25) is 0 Å². The molecule has 0 spiro atoms. The van der Waals surface area contributed by atoms with Gasteiger partial charge in [-0.25, -0.2) is 9.59 Å². The quantitative estimate of drug-likeness (QED) is 0.513. The number of carboxylic acids is 1. The highest BCUT2D eigenvalue weighted by atomic mass is 16.5. The summed E-state index contributed by atoms with van der Waals surface area (Å²) in [7, 11) is 1.59. The molecule has 2 unspecified atom stereocenters. The summed E-state index contributed by atoms with van der Waals surface area (Å²) in [5.41, 5.74) is 0. The fraction of sp³-hybridized carbons (Fsp3) is 0.800. The van der Waals surface area contributed by atoms with Gasteiger partial charge >= 0.3 is 12.0 Å². The van der Waals surface area contributed by atoms with Crippen molar-refractivity contribution in [3.05, 3.63) is 0 Å². The number of nitrogens with one attached hydrogen (secondary N) is 2. The van der Waals surface area contributed by atoms with Crippen molar-refractivity contribution in [2.45, 2.75) is 37.5 Å². The highest BCUT2D eigenvalue weighted by molar-refractivity contribution is 5.76. The lowest BCUT2D eigenvalue weighted by molar-refractivity contribution is -0.146. The number of aliphatic hydroxyl groups excluding tert-OH is 1. The molecule has 17 heavy (non-hydrogen) atoms. The van der Waals surface area contributed by atoms with Crippen molar-refractivity contribution in [3.8, 4) is 0 Å². The standard InChI is InChI=1S/C10H18N2O5/c1-17-8-4-2-3-6(8)12-10(16)11-5-7(13)9(14)15/h6-8,13H,2-5H2,1H3,(H,14,15)(H2,11,12,16)/t6?,7-,8?/m0/s1. The van der Waals surface area contributed by atoms with Gasteiger partial charge in [-0.05, 0) is 19.3 Å². The van der Waals surface area contributed by atoms with Crippen LogP contribution in [0.4, 0.5) is 4.79 Å². The molecule has 1 fully saturated rings. The Bertz CT molecular complexity index is 284. The number of carbonyl (C=O) groups excluding carboxylic acids is 1. The van der Waals surface area contributed by atoms with Gasteiger partial charge in [0.25, 0.3) is 0 Å². The number of rotatable bonds is 5. The topological polar surface area (TPSA) is 108 Å². The molecular weight excluding hydrogens is 228 g/mol. The molecular formula is C10H18N2O5. The second-order valence-corrected chi connectivity index (χ2v) is 4.02. The molecule has 0 aromatic rings. The molecule has 2 amide bonds. The van der Waals surface area contributed by atoms with Gasteiger partial charge < -0.3 is 25.6 Å². The predicted molar refractivity (Wildman–Crippen MR) is 58.6 cm³/mol. The minimum atomic E-state index is -1.58. The molecule has 0 aromatic carbocycles.